The van der Waals surface area contributed by atoms with Crippen LogP contribution in [0.15, 0.2) is 17.5 Å². The standard InChI is InChI=1S/C11H13NS/c1-3-8-4-7(2)5-9-10(12)6-13-11(8)9/h4-6H,3,12H2,1-2H3. The first-order valence-corrected chi connectivity index (χ1v) is 5.36. The minimum Gasteiger partial charge on any atom is -0.398 e. The third kappa shape index (κ3) is 1.31. The predicted octanol–water partition coefficient (Wildman–Crippen LogP) is 3.35. The average molecular weight is 191 g/mol. The third-order valence-electron chi connectivity index (χ3n) is 2.31. The zero-order valence-corrected chi connectivity index (χ0v) is 8.74. The lowest BCUT2D eigenvalue weighted by Crippen LogP contribution is -1.85. The molecule has 0 aliphatic carbocycles. The van der Waals surface area contributed by atoms with Crippen molar-refractivity contribution in [3.05, 3.63) is 28.6 Å². The number of anilines is 1. The topological polar surface area (TPSA) is 26.0 Å². The van der Waals surface area contributed by atoms with Crippen LogP contribution < -0.4 is 5.73 Å². The fraction of sp³-hybridized carbons (Fsp3) is 0.273. The van der Waals surface area contributed by atoms with Crippen molar-refractivity contribution in [3.8, 4) is 0 Å². The Hall–Kier alpha value is -1.02. The van der Waals surface area contributed by atoms with E-state index in [-0.39, 0.29) is 0 Å². The lowest BCUT2D eigenvalue weighted by atomic mass is 10.1. The molecule has 1 aromatic heterocycles. The van der Waals surface area contributed by atoms with Gasteiger partial charge in [-0.05, 0) is 25.0 Å². The van der Waals surface area contributed by atoms with Crippen LogP contribution in [0, 0.1) is 6.92 Å². The second-order valence-electron chi connectivity index (χ2n) is 3.35. The Morgan fingerprint density at radius 1 is 1.38 bits per heavy atom. The predicted molar refractivity (Wildman–Crippen MR) is 60.4 cm³/mol. The maximum atomic E-state index is 5.88. The summed E-state index contributed by atoms with van der Waals surface area (Å²) in [6, 6.07) is 4.42. The van der Waals surface area contributed by atoms with Crippen LogP contribution in [0.25, 0.3) is 10.1 Å². The van der Waals surface area contributed by atoms with E-state index < -0.39 is 0 Å². The van der Waals surface area contributed by atoms with Crippen LogP contribution in [0.2, 0.25) is 0 Å². The molecular weight excluding hydrogens is 178 g/mol. The summed E-state index contributed by atoms with van der Waals surface area (Å²) in [6.07, 6.45) is 1.08. The summed E-state index contributed by atoms with van der Waals surface area (Å²) in [4.78, 5) is 0. The molecule has 0 radical (unpaired) electrons. The van der Waals surface area contributed by atoms with Gasteiger partial charge in [0.15, 0.2) is 0 Å². The van der Waals surface area contributed by atoms with Crippen LogP contribution in [0.4, 0.5) is 5.69 Å². The molecule has 0 amide bonds. The number of rotatable bonds is 1. The molecule has 0 fully saturated rings. The van der Waals surface area contributed by atoms with Gasteiger partial charge in [-0.15, -0.1) is 11.3 Å². The fourth-order valence-electron chi connectivity index (χ4n) is 1.65. The monoisotopic (exact) mass is 191 g/mol. The normalized spacial score (nSPS) is 10.9. The second-order valence-corrected chi connectivity index (χ2v) is 4.22. The van der Waals surface area contributed by atoms with Gasteiger partial charge in [0.1, 0.15) is 0 Å². The first kappa shape index (κ1) is 8.57. The van der Waals surface area contributed by atoms with Crippen LogP contribution in [-0.4, -0.2) is 0 Å². The first-order valence-electron chi connectivity index (χ1n) is 4.48. The molecular formula is C11H13NS. The van der Waals surface area contributed by atoms with Gasteiger partial charge in [0.05, 0.1) is 5.69 Å². The fourth-order valence-corrected chi connectivity index (χ4v) is 2.68. The average Bonchev–Trinajstić information content (AvgIpc) is 2.47. The van der Waals surface area contributed by atoms with Gasteiger partial charge in [0, 0.05) is 15.5 Å². The number of nitrogen functional groups attached to an aromatic ring is 1. The summed E-state index contributed by atoms with van der Waals surface area (Å²) in [5.41, 5.74) is 9.51. The molecule has 0 unspecified atom stereocenters. The summed E-state index contributed by atoms with van der Waals surface area (Å²) in [6.45, 7) is 4.31. The lowest BCUT2D eigenvalue weighted by Gasteiger charge is -2.01. The molecule has 1 nitrogen and oxygen atoms in total. The maximum absolute atomic E-state index is 5.88. The molecule has 1 heterocycles. The number of hydrogen-bond donors (Lipinski definition) is 1. The van der Waals surface area contributed by atoms with E-state index >= 15 is 0 Å². The molecule has 0 aliphatic heterocycles. The molecule has 0 saturated heterocycles. The summed E-state index contributed by atoms with van der Waals surface area (Å²) in [5, 5.41) is 3.25. The van der Waals surface area contributed by atoms with E-state index in [4.69, 9.17) is 5.73 Å². The maximum Gasteiger partial charge on any atom is 0.0502 e. The Morgan fingerprint density at radius 2 is 2.15 bits per heavy atom. The van der Waals surface area contributed by atoms with Crippen molar-refractivity contribution in [1.29, 1.82) is 0 Å². The van der Waals surface area contributed by atoms with E-state index in [1.54, 1.807) is 11.3 Å². The van der Waals surface area contributed by atoms with E-state index in [9.17, 15) is 0 Å². The van der Waals surface area contributed by atoms with Crippen LogP contribution in [-0.2, 0) is 6.42 Å². The van der Waals surface area contributed by atoms with Gasteiger partial charge in [0.2, 0.25) is 0 Å². The molecule has 2 aromatic rings. The molecule has 0 bridgehead atoms. The SMILES string of the molecule is CCc1cc(C)cc2c(N)csc12. The largest absolute Gasteiger partial charge is 0.398 e. The highest BCUT2D eigenvalue weighted by Gasteiger charge is 2.05. The third-order valence-corrected chi connectivity index (χ3v) is 3.40. The Labute approximate surface area is 82.2 Å². The van der Waals surface area contributed by atoms with E-state index in [1.807, 2.05) is 5.38 Å². The van der Waals surface area contributed by atoms with E-state index in [0.29, 0.717) is 0 Å². The van der Waals surface area contributed by atoms with Gasteiger partial charge in [-0.25, -0.2) is 0 Å². The molecule has 1 aromatic carbocycles. The quantitative estimate of drug-likeness (QED) is 0.735. The van der Waals surface area contributed by atoms with Gasteiger partial charge in [-0.3, -0.25) is 0 Å². The van der Waals surface area contributed by atoms with Crippen LogP contribution >= 0.6 is 11.3 Å². The number of aryl methyl sites for hydroxylation is 2. The Morgan fingerprint density at radius 3 is 2.85 bits per heavy atom. The Kier molecular flexibility index (Phi) is 2.00. The molecule has 0 aliphatic rings. The number of benzene rings is 1. The lowest BCUT2D eigenvalue weighted by molar-refractivity contribution is 1.16. The first-order chi connectivity index (χ1) is 6.22. The summed E-state index contributed by atoms with van der Waals surface area (Å²) in [7, 11) is 0. The van der Waals surface area contributed by atoms with Crippen LogP contribution in [0.1, 0.15) is 18.1 Å². The van der Waals surface area contributed by atoms with Crippen molar-refractivity contribution in [1.82, 2.24) is 0 Å². The van der Waals surface area contributed by atoms with Gasteiger partial charge in [-0.2, -0.15) is 0 Å². The van der Waals surface area contributed by atoms with Crippen molar-refractivity contribution < 1.29 is 0 Å². The number of hydrogen-bond acceptors (Lipinski definition) is 2. The molecule has 2 heteroatoms. The number of fused-ring (bicyclic) bond motifs is 1. The van der Waals surface area contributed by atoms with Crippen molar-refractivity contribution in [2.75, 3.05) is 5.73 Å². The minimum absolute atomic E-state index is 0.915. The summed E-state index contributed by atoms with van der Waals surface area (Å²) in [5.74, 6) is 0. The van der Waals surface area contributed by atoms with Gasteiger partial charge >= 0.3 is 0 Å². The van der Waals surface area contributed by atoms with Crippen molar-refractivity contribution >= 4 is 27.1 Å². The summed E-state index contributed by atoms with van der Waals surface area (Å²) >= 11 is 1.75. The summed E-state index contributed by atoms with van der Waals surface area (Å²) < 4.78 is 1.35. The highest BCUT2D eigenvalue weighted by atomic mass is 32.1. The molecule has 13 heavy (non-hydrogen) atoms. The van der Waals surface area contributed by atoms with Crippen LogP contribution in [0.3, 0.4) is 0 Å². The molecule has 0 spiro atoms. The van der Waals surface area contributed by atoms with Gasteiger partial charge in [0.25, 0.3) is 0 Å². The van der Waals surface area contributed by atoms with Gasteiger partial charge in [-0.1, -0.05) is 18.6 Å². The zero-order chi connectivity index (χ0) is 9.42. The van der Waals surface area contributed by atoms with E-state index in [2.05, 4.69) is 26.0 Å². The Bertz CT molecular complexity index is 443. The molecule has 2 N–H and O–H groups in total. The van der Waals surface area contributed by atoms with E-state index in [1.165, 1.54) is 21.2 Å². The number of thiophene rings is 1. The molecule has 0 atom stereocenters. The number of nitrogens with two attached hydrogens (primary N) is 1. The highest BCUT2D eigenvalue weighted by molar-refractivity contribution is 7.18. The molecule has 68 valence electrons. The van der Waals surface area contributed by atoms with Gasteiger partial charge < -0.3 is 5.73 Å². The second kappa shape index (κ2) is 3.04. The molecule has 0 saturated carbocycles. The smallest absolute Gasteiger partial charge is 0.0502 e. The van der Waals surface area contributed by atoms with Crippen molar-refractivity contribution in [2.24, 2.45) is 0 Å². The van der Waals surface area contributed by atoms with Crippen LogP contribution in [0.5, 0.6) is 0 Å². The van der Waals surface area contributed by atoms with E-state index in [0.717, 1.165) is 12.1 Å². The van der Waals surface area contributed by atoms with Crippen molar-refractivity contribution in [2.45, 2.75) is 20.3 Å². The van der Waals surface area contributed by atoms with Crippen molar-refractivity contribution in [3.63, 3.8) is 0 Å². The molecule has 2 rings (SSSR count). The highest BCUT2D eigenvalue weighted by Crippen LogP contribution is 2.32. The Balaban J connectivity index is 2.84. The minimum atomic E-state index is 0.915. The zero-order valence-electron chi connectivity index (χ0n) is 7.92.